The van der Waals surface area contributed by atoms with Crippen LogP contribution in [0.25, 0.3) is 6.08 Å². The molecule has 0 radical (unpaired) electrons. The van der Waals surface area contributed by atoms with Gasteiger partial charge in [0.05, 0.1) is 5.56 Å². The van der Waals surface area contributed by atoms with Crippen molar-refractivity contribution >= 4 is 39.6 Å². The highest BCUT2D eigenvalue weighted by atomic mass is 79.9. The molecule has 0 aliphatic heterocycles. The standard InChI is InChI=1S/C10H9BrClNO2/c11-4-2-1-3-7-5-8(10(14)15)6-13-9(7)12/h1,3,5-6H,2,4H2,(H,14,15). The number of carbonyl (C=O) groups is 1. The van der Waals surface area contributed by atoms with Gasteiger partial charge >= 0.3 is 5.97 Å². The topological polar surface area (TPSA) is 50.2 Å². The molecule has 0 atom stereocenters. The predicted octanol–water partition coefficient (Wildman–Crippen LogP) is 3.23. The summed E-state index contributed by atoms with van der Waals surface area (Å²) in [4.78, 5) is 14.5. The van der Waals surface area contributed by atoms with Crippen LogP contribution >= 0.6 is 27.5 Å². The molecule has 0 aliphatic carbocycles. The molecule has 0 spiro atoms. The van der Waals surface area contributed by atoms with Crippen LogP contribution in [0.1, 0.15) is 22.3 Å². The van der Waals surface area contributed by atoms with Gasteiger partial charge in [-0.05, 0) is 12.5 Å². The zero-order chi connectivity index (χ0) is 11.3. The molecule has 0 fully saturated rings. The Hall–Kier alpha value is -0.870. The Balaban J connectivity index is 2.95. The number of nitrogens with zero attached hydrogens (tertiary/aromatic N) is 1. The van der Waals surface area contributed by atoms with Crippen molar-refractivity contribution in [1.29, 1.82) is 0 Å². The largest absolute Gasteiger partial charge is 0.478 e. The van der Waals surface area contributed by atoms with Gasteiger partial charge in [-0.3, -0.25) is 0 Å². The van der Waals surface area contributed by atoms with Gasteiger partial charge in [0, 0.05) is 17.1 Å². The second-order valence-corrected chi connectivity index (χ2v) is 3.94. The Kier molecular flexibility index (Phi) is 4.78. The summed E-state index contributed by atoms with van der Waals surface area (Å²) in [5.74, 6) is -1.01. The maximum absolute atomic E-state index is 10.7. The van der Waals surface area contributed by atoms with Crippen molar-refractivity contribution in [3.8, 4) is 0 Å². The van der Waals surface area contributed by atoms with Crippen molar-refractivity contribution in [3.63, 3.8) is 0 Å². The van der Waals surface area contributed by atoms with Crippen LogP contribution in [0.5, 0.6) is 0 Å². The van der Waals surface area contributed by atoms with Crippen LogP contribution in [0.4, 0.5) is 0 Å². The fourth-order valence-corrected chi connectivity index (χ4v) is 1.40. The number of rotatable bonds is 4. The Morgan fingerprint density at radius 3 is 3.00 bits per heavy atom. The smallest absolute Gasteiger partial charge is 0.337 e. The molecule has 15 heavy (non-hydrogen) atoms. The lowest BCUT2D eigenvalue weighted by Gasteiger charge is -1.99. The van der Waals surface area contributed by atoms with E-state index in [1.165, 1.54) is 12.3 Å². The summed E-state index contributed by atoms with van der Waals surface area (Å²) in [6, 6.07) is 1.50. The van der Waals surface area contributed by atoms with Crippen molar-refractivity contribution in [3.05, 3.63) is 34.6 Å². The molecule has 1 aromatic rings. The molecule has 0 saturated heterocycles. The van der Waals surface area contributed by atoms with Crippen LogP contribution in [-0.4, -0.2) is 21.4 Å². The normalized spacial score (nSPS) is 10.8. The van der Waals surface area contributed by atoms with Gasteiger partial charge in [0.15, 0.2) is 0 Å². The monoisotopic (exact) mass is 289 g/mol. The molecule has 80 valence electrons. The van der Waals surface area contributed by atoms with E-state index in [1.807, 2.05) is 6.08 Å². The third kappa shape index (κ3) is 3.64. The van der Waals surface area contributed by atoms with E-state index in [1.54, 1.807) is 6.08 Å². The van der Waals surface area contributed by atoms with Crippen molar-refractivity contribution in [1.82, 2.24) is 4.98 Å². The van der Waals surface area contributed by atoms with E-state index in [9.17, 15) is 4.79 Å². The van der Waals surface area contributed by atoms with Gasteiger partial charge < -0.3 is 5.11 Å². The second-order valence-electron chi connectivity index (χ2n) is 2.79. The van der Waals surface area contributed by atoms with Gasteiger partial charge in [-0.1, -0.05) is 39.7 Å². The van der Waals surface area contributed by atoms with Gasteiger partial charge in [-0.25, -0.2) is 9.78 Å². The lowest BCUT2D eigenvalue weighted by molar-refractivity contribution is 0.0696. The SMILES string of the molecule is O=C(O)c1cnc(Cl)c(C=CCCBr)c1. The first-order valence-corrected chi connectivity index (χ1v) is 5.76. The molecule has 0 unspecified atom stereocenters. The van der Waals surface area contributed by atoms with E-state index >= 15 is 0 Å². The Labute approximate surface area is 101 Å². The van der Waals surface area contributed by atoms with E-state index in [0.717, 1.165) is 11.8 Å². The minimum atomic E-state index is -1.01. The summed E-state index contributed by atoms with van der Waals surface area (Å²) < 4.78 is 0. The van der Waals surface area contributed by atoms with E-state index in [-0.39, 0.29) is 5.56 Å². The minimum absolute atomic E-state index is 0.137. The number of alkyl halides is 1. The lowest BCUT2D eigenvalue weighted by atomic mass is 10.2. The van der Waals surface area contributed by atoms with Crippen LogP contribution in [-0.2, 0) is 0 Å². The highest BCUT2D eigenvalue weighted by Gasteiger charge is 2.06. The Morgan fingerprint density at radius 1 is 1.67 bits per heavy atom. The highest BCUT2D eigenvalue weighted by molar-refractivity contribution is 9.09. The van der Waals surface area contributed by atoms with E-state index in [2.05, 4.69) is 20.9 Å². The number of carboxylic acids is 1. The predicted molar refractivity (Wildman–Crippen MR) is 63.7 cm³/mol. The molecule has 0 bridgehead atoms. The number of hydrogen-bond acceptors (Lipinski definition) is 2. The van der Waals surface area contributed by atoms with Crippen molar-refractivity contribution in [2.24, 2.45) is 0 Å². The van der Waals surface area contributed by atoms with E-state index in [4.69, 9.17) is 16.7 Å². The first-order valence-electron chi connectivity index (χ1n) is 4.26. The number of allylic oxidation sites excluding steroid dienone is 1. The maximum atomic E-state index is 10.7. The molecule has 3 nitrogen and oxygen atoms in total. The van der Waals surface area contributed by atoms with Crippen LogP contribution in [0.15, 0.2) is 18.3 Å². The third-order valence-electron chi connectivity index (χ3n) is 1.69. The van der Waals surface area contributed by atoms with Crippen molar-refractivity contribution in [2.45, 2.75) is 6.42 Å². The zero-order valence-electron chi connectivity index (χ0n) is 7.78. The summed E-state index contributed by atoms with van der Waals surface area (Å²) >= 11 is 9.10. The van der Waals surface area contributed by atoms with Gasteiger partial charge in [0.25, 0.3) is 0 Å². The number of hydrogen-bond donors (Lipinski definition) is 1. The van der Waals surface area contributed by atoms with E-state index < -0.39 is 5.97 Å². The van der Waals surface area contributed by atoms with Crippen LogP contribution in [0.2, 0.25) is 5.15 Å². The Morgan fingerprint density at radius 2 is 2.40 bits per heavy atom. The molecule has 0 aliphatic rings. The zero-order valence-corrected chi connectivity index (χ0v) is 10.1. The summed E-state index contributed by atoms with van der Waals surface area (Å²) in [5, 5.41) is 9.92. The fraction of sp³-hybridized carbons (Fsp3) is 0.200. The minimum Gasteiger partial charge on any atom is -0.478 e. The van der Waals surface area contributed by atoms with Crippen molar-refractivity contribution < 1.29 is 9.90 Å². The molecule has 1 rings (SSSR count). The molecular formula is C10H9BrClNO2. The number of pyridine rings is 1. The summed E-state index contributed by atoms with van der Waals surface area (Å²) in [7, 11) is 0. The van der Waals surface area contributed by atoms with E-state index in [0.29, 0.717) is 10.7 Å². The average Bonchev–Trinajstić information content (AvgIpc) is 2.20. The van der Waals surface area contributed by atoms with Gasteiger partial charge in [-0.2, -0.15) is 0 Å². The molecule has 1 aromatic heterocycles. The van der Waals surface area contributed by atoms with Crippen LogP contribution in [0, 0.1) is 0 Å². The fourth-order valence-electron chi connectivity index (χ4n) is 0.972. The number of aromatic nitrogens is 1. The van der Waals surface area contributed by atoms with Crippen molar-refractivity contribution in [2.75, 3.05) is 5.33 Å². The lowest BCUT2D eigenvalue weighted by Crippen LogP contribution is -1.98. The first kappa shape index (κ1) is 12.2. The third-order valence-corrected chi connectivity index (χ3v) is 2.46. The first-order chi connectivity index (χ1) is 7.15. The number of carboxylic acid groups (broad SMARTS) is 1. The van der Waals surface area contributed by atoms with Crippen LogP contribution in [0.3, 0.4) is 0 Å². The molecule has 0 aromatic carbocycles. The number of halogens is 2. The maximum Gasteiger partial charge on any atom is 0.337 e. The molecule has 1 heterocycles. The summed E-state index contributed by atoms with van der Waals surface area (Å²) in [6.07, 6.45) is 5.77. The van der Waals surface area contributed by atoms with Gasteiger partial charge in [-0.15, -0.1) is 0 Å². The molecule has 5 heteroatoms. The molecule has 0 saturated carbocycles. The molecular weight excluding hydrogens is 281 g/mol. The van der Waals surface area contributed by atoms with Gasteiger partial charge in [0.1, 0.15) is 5.15 Å². The average molecular weight is 291 g/mol. The van der Waals surface area contributed by atoms with Gasteiger partial charge in [0.2, 0.25) is 0 Å². The van der Waals surface area contributed by atoms with Crippen LogP contribution < -0.4 is 0 Å². The second kappa shape index (κ2) is 5.88. The Bertz CT molecular complexity index is 393. The highest BCUT2D eigenvalue weighted by Crippen LogP contribution is 2.16. The molecule has 0 amide bonds. The summed E-state index contributed by atoms with van der Waals surface area (Å²) in [5.41, 5.74) is 0.760. The summed E-state index contributed by atoms with van der Waals surface area (Å²) in [6.45, 7) is 0. The quantitative estimate of drug-likeness (QED) is 0.684. The number of aromatic carboxylic acids is 1. The molecule has 1 N–H and O–H groups in total.